The summed E-state index contributed by atoms with van der Waals surface area (Å²) in [7, 11) is 0. The molecule has 164 valence electrons. The summed E-state index contributed by atoms with van der Waals surface area (Å²) in [5, 5.41) is 3.04. The van der Waals surface area contributed by atoms with Crippen LogP contribution >= 0.6 is 0 Å². The highest BCUT2D eigenvalue weighted by Crippen LogP contribution is 2.27. The zero-order valence-corrected chi connectivity index (χ0v) is 16.0. The number of anilines is 1. The third-order valence-corrected chi connectivity index (χ3v) is 3.97. The highest BCUT2D eigenvalue weighted by molar-refractivity contribution is 6.00. The Morgan fingerprint density at radius 2 is 1.87 bits per heavy atom. The van der Waals surface area contributed by atoms with Crippen LogP contribution < -0.4 is 20.3 Å². The summed E-state index contributed by atoms with van der Waals surface area (Å²) in [6, 6.07) is 5.34. The summed E-state index contributed by atoms with van der Waals surface area (Å²) in [6.45, 7) is -0.111. The molecule has 1 unspecified atom stereocenters. The number of hydrogen-bond donors (Lipinski definition) is 2. The molecule has 0 spiro atoms. The monoisotopic (exact) mass is 431 g/mol. The predicted molar refractivity (Wildman–Crippen MR) is 96.6 cm³/mol. The summed E-state index contributed by atoms with van der Waals surface area (Å²) >= 11 is 0. The zero-order valence-electron chi connectivity index (χ0n) is 16.0. The topological polar surface area (TPSA) is 114 Å². The largest absolute Gasteiger partial charge is 0.494 e. The summed E-state index contributed by atoms with van der Waals surface area (Å²) in [4.78, 5) is 48.4. The molecule has 9 nitrogen and oxygen atoms in total. The van der Waals surface area contributed by atoms with Crippen LogP contribution in [0.15, 0.2) is 24.3 Å². The van der Waals surface area contributed by atoms with Crippen molar-refractivity contribution in [3.63, 3.8) is 0 Å². The highest BCUT2D eigenvalue weighted by Gasteiger charge is 2.36. The summed E-state index contributed by atoms with van der Waals surface area (Å²) in [6.07, 6.45) is -4.75. The molecule has 1 atom stereocenters. The van der Waals surface area contributed by atoms with E-state index in [0.717, 1.165) is 0 Å². The average molecular weight is 431 g/mol. The second kappa shape index (κ2) is 9.94. The molecule has 1 aromatic rings. The second-order valence-electron chi connectivity index (χ2n) is 6.29. The van der Waals surface area contributed by atoms with Gasteiger partial charge in [0.2, 0.25) is 5.91 Å². The molecule has 2 N–H and O–H groups in total. The summed E-state index contributed by atoms with van der Waals surface area (Å²) in [5.74, 6) is -2.43. The van der Waals surface area contributed by atoms with Crippen molar-refractivity contribution >= 4 is 29.5 Å². The van der Waals surface area contributed by atoms with Gasteiger partial charge in [0.1, 0.15) is 12.3 Å². The minimum Gasteiger partial charge on any atom is -0.494 e. The molecule has 0 aromatic heterocycles. The van der Waals surface area contributed by atoms with Crippen molar-refractivity contribution < 1.29 is 41.8 Å². The Bertz CT molecular complexity index is 797. The maximum absolute atomic E-state index is 12.2. The first kappa shape index (κ1) is 23.0. The molecule has 1 aliphatic rings. The minimum absolute atomic E-state index is 0.0410. The van der Waals surface area contributed by atoms with Gasteiger partial charge in [-0.25, -0.2) is 4.79 Å². The lowest BCUT2D eigenvalue weighted by Crippen LogP contribution is -2.44. The maximum Gasteiger partial charge on any atom is 0.405 e. The van der Waals surface area contributed by atoms with E-state index in [0.29, 0.717) is 18.0 Å². The van der Waals surface area contributed by atoms with Crippen molar-refractivity contribution in [1.82, 2.24) is 10.6 Å². The maximum atomic E-state index is 12.2. The lowest BCUT2D eigenvalue weighted by atomic mass is 10.1. The van der Waals surface area contributed by atoms with Gasteiger partial charge in [0.25, 0.3) is 5.91 Å². The number of hydrogen-bond acceptors (Lipinski definition) is 6. The van der Waals surface area contributed by atoms with E-state index in [1.54, 1.807) is 29.6 Å². The molecule has 1 fully saturated rings. The molecule has 1 saturated heterocycles. The molecule has 1 aromatic carbocycles. The van der Waals surface area contributed by atoms with Gasteiger partial charge < -0.3 is 19.7 Å². The molecule has 0 radical (unpaired) electrons. The van der Waals surface area contributed by atoms with Gasteiger partial charge in [-0.05, 0) is 31.2 Å². The molecule has 1 heterocycles. The minimum atomic E-state index is -4.63. The van der Waals surface area contributed by atoms with Crippen LogP contribution in [-0.2, 0) is 19.1 Å². The van der Waals surface area contributed by atoms with Crippen molar-refractivity contribution in [2.75, 3.05) is 31.2 Å². The number of urea groups is 1. The van der Waals surface area contributed by atoms with Crippen LogP contribution in [0, 0.1) is 5.92 Å². The second-order valence-corrected chi connectivity index (χ2v) is 6.29. The average Bonchev–Trinajstić information content (AvgIpc) is 3.06. The molecule has 1 aliphatic heterocycles. The summed E-state index contributed by atoms with van der Waals surface area (Å²) in [5.41, 5.74) is 0.567. The third-order valence-electron chi connectivity index (χ3n) is 3.97. The number of benzene rings is 1. The number of halogens is 3. The lowest BCUT2D eigenvalue weighted by molar-refractivity contribution is -0.152. The van der Waals surface area contributed by atoms with Crippen LogP contribution in [0.1, 0.15) is 13.3 Å². The van der Waals surface area contributed by atoms with Crippen molar-refractivity contribution in [3.8, 4) is 5.75 Å². The molecule has 0 aliphatic carbocycles. The Morgan fingerprint density at radius 3 is 2.47 bits per heavy atom. The first-order valence-corrected chi connectivity index (χ1v) is 8.93. The van der Waals surface area contributed by atoms with E-state index in [2.05, 4.69) is 0 Å². The molecule has 4 amide bonds. The van der Waals surface area contributed by atoms with Gasteiger partial charge >= 0.3 is 18.2 Å². The highest BCUT2D eigenvalue weighted by atomic mass is 19.4. The Kier molecular flexibility index (Phi) is 7.61. The van der Waals surface area contributed by atoms with Crippen molar-refractivity contribution in [2.24, 2.45) is 5.92 Å². The van der Waals surface area contributed by atoms with Gasteiger partial charge in [0.05, 0.1) is 12.5 Å². The van der Waals surface area contributed by atoms with Gasteiger partial charge in [0, 0.05) is 18.7 Å². The molecular formula is C18H20F3N3O6. The summed E-state index contributed by atoms with van der Waals surface area (Å²) < 4.78 is 46.0. The Morgan fingerprint density at radius 1 is 1.20 bits per heavy atom. The van der Waals surface area contributed by atoms with E-state index in [9.17, 15) is 32.3 Å². The number of esters is 1. The standard InChI is InChI=1S/C18H20F3N3O6/c1-2-29-13-5-3-12(4-6-13)24-8-11(7-15(24)26)16(27)30-9-14(25)23-17(28)22-10-18(19,20)21/h3-6,11H,2,7-10H2,1H3,(H2,22,23,25,28). The van der Waals surface area contributed by atoms with Crippen LogP contribution in [0.5, 0.6) is 5.75 Å². The van der Waals surface area contributed by atoms with Crippen molar-refractivity contribution in [3.05, 3.63) is 24.3 Å². The fraction of sp³-hybridized carbons (Fsp3) is 0.444. The molecule has 0 saturated carbocycles. The van der Waals surface area contributed by atoms with Gasteiger partial charge in [-0.2, -0.15) is 13.2 Å². The van der Waals surface area contributed by atoms with Gasteiger partial charge in [-0.3, -0.25) is 19.7 Å². The van der Waals surface area contributed by atoms with Gasteiger partial charge in [-0.15, -0.1) is 0 Å². The van der Waals surface area contributed by atoms with E-state index in [4.69, 9.17) is 9.47 Å². The van der Waals surface area contributed by atoms with E-state index < -0.39 is 43.2 Å². The number of rotatable bonds is 7. The fourth-order valence-corrected chi connectivity index (χ4v) is 2.65. The van der Waals surface area contributed by atoms with Crippen LogP contribution in [0.2, 0.25) is 0 Å². The SMILES string of the molecule is CCOc1ccc(N2CC(C(=O)OCC(=O)NC(=O)NCC(F)(F)F)CC2=O)cc1. The molecular weight excluding hydrogens is 411 g/mol. The number of carbonyl (C=O) groups excluding carboxylic acids is 4. The normalized spacial score (nSPS) is 16.2. The van der Waals surface area contributed by atoms with Gasteiger partial charge in [0.15, 0.2) is 6.61 Å². The number of nitrogens with one attached hydrogen (secondary N) is 2. The lowest BCUT2D eigenvalue weighted by Gasteiger charge is -2.17. The number of ether oxygens (including phenoxy) is 2. The van der Waals surface area contributed by atoms with Crippen LogP contribution in [0.25, 0.3) is 0 Å². The smallest absolute Gasteiger partial charge is 0.405 e. The number of nitrogens with zero attached hydrogens (tertiary/aromatic N) is 1. The van der Waals surface area contributed by atoms with Crippen molar-refractivity contribution in [1.29, 1.82) is 0 Å². The molecule has 2 rings (SSSR count). The van der Waals surface area contributed by atoms with Gasteiger partial charge in [-0.1, -0.05) is 0 Å². The van der Waals surface area contributed by atoms with E-state index in [-0.39, 0.29) is 18.9 Å². The Labute approximate surface area is 169 Å². The quantitative estimate of drug-likeness (QED) is 0.631. The Balaban J connectivity index is 1.80. The first-order chi connectivity index (χ1) is 14.1. The fourth-order valence-electron chi connectivity index (χ4n) is 2.65. The molecule has 30 heavy (non-hydrogen) atoms. The van der Waals surface area contributed by atoms with Crippen LogP contribution in [0.3, 0.4) is 0 Å². The number of carbonyl (C=O) groups is 4. The van der Waals surface area contributed by atoms with E-state index in [1.807, 2.05) is 6.92 Å². The van der Waals surface area contributed by atoms with Crippen molar-refractivity contribution in [2.45, 2.75) is 19.5 Å². The number of imide groups is 1. The van der Waals surface area contributed by atoms with E-state index >= 15 is 0 Å². The predicted octanol–water partition coefficient (Wildman–Crippen LogP) is 1.37. The zero-order chi connectivity index (χ0) is 22.3. The third kappa shape index (κ3) is 6.94. The van der Waals surface area contributed by atoms with Crippen LogP contribution in [-0.4, -0.2) is 56.3 Å². The molecule has 12 heteroatoms. The number of alkyl halides is 3. The first-order valence-electron chi connectivity index (χ1n) is 8.93. The van der Waals surface area contributed by atoms with E-state index in [1.165, 1.54) is 10.2 Å². The van der Waals surface area contributed by atoms with Crippen LogP contribution in [0.4, 0.5) is 23.7 Å². The molecule has 0 bridgehead atoms. The number of amides is 4. The Hall–Kier alpha value is -3.31.